The predicted molar refractivity (Wildman–Crippen MR) is 82.7 cm³/mol. The minimum absolute atomic E-state index is 0.112. The normalized spacial score (nSPS) is 18.6. The largest absolute Gasteiger partial charge is 0.387 e. The van der Waals surface area contributed by atoms with E-state index in [1.165, 1.54) is 6.42 Å². The summed E-state index contributed by atoms with van der Waals surface area (Å²) in [6.07, 6.45) is 6.22. The Morgan fingerprint density at radius 3 is 2.67 bits per heavy atom. The molecule has 4 nitrogen and oxygen atoms in total. The fraction of sp³-hybridized carbons (Fsp3) is 0.688. The fourth-order valence-electron chi connectivity index (χ4n) is 2.96. The van der Waals surface area contributed by atoms with Crippen molar-refractivity contribution in [3.05, 3.63) is 23.9 Å². The van der Waals surface area contributed by atoms with Crippen LogP contribution in [0.4, 0.5) is 0 Å². The van der Waals surface area contributed by atoms with Crippen LogP contribution >= 0.6 is 0 Å². The molecule has 0 radical (unpaired) electrons. The van der Waals surface area contributed by atoms with Gasteiger partial charge in [0.1, 0.15) is 0 Å². The van der Waals surface area contributed by atoms with Crippen LogP contribution in [0.5, 0.6) is 0 Å². The number of pyridine rings is 1. The van der Waals surface area contributed by atoms with Crippen LogP contribution in [0.15, 0.2) is 23.2 Å². The Morgan fingerprint density at radius 2 is 2.00 bits per heavy atom. The summed E-state index contributed by atoms with van der Waals surface area (Å²) in [6.45, 7) is 1.98. The Kier molecular flexibility index (Phi) is 5.76. The summed E-state index contributed by atoms with van der Waals surface area (Å²) in [5.41, 5.74) is 0.460. The number of aromatic nitrogens is 1. The molecule has 0 unspecified atom stereocenters. The van der Waals surface area contributed by atoms with Gasteiger partial charge in [0.2, 0.25) is 0 Å². The van der Waals surface area contributed by atoms with Gasteiger partial charge in [0, 0.05) is 0 Å². The van der Waals surface area contributed by atoms with Crippen LogP contribution in [0.2, 0.25) is 0 Å². The van der Waals surface area contributed by atoms with Crippen molar-refractivity contribution in [2.75, 3.05) is 5.75 Å². The van der Waals surface area contributed by atoms with Crippen LogP contribution in [0.25, 0.3) is 0 Å². The van der Waals surface area contributed by atoms with Crippen LogP contribution in [0, 0.1) is 5.92 Å². The second-order valence-corrected chi connectivity index (χ2v) is 7.97. The first kappa shape index (κ1) is 16.4. The molecule has 1 aromatic rings. The van der Waals surface area contributed by atoms with E-state index >= 15 is 0 Å². The van der Waals surface area contributed by atoms with Crippen molar-refractivity contribution in [3.8, 4) is 0 Å². The topological polar surface area (TPSA) is 67.3 Å². The van der Waals surface area contributed by atoms with Gasteiger partial charge in [-0.05, 0) is 37.3 Å². The zero-order chi connectivity index (χ0) is 15.3. The van der Waals surface area contributed by atoms with Crippen LogP contribution in [-0.2, 0) is 9.84 Å². The van der Waals surface area contributed by atoms with Gasteiger partial charge < -0.3 is 5.11 Å². The maximum atomic E-state index is 12.5. The summed E-state index contributed by atoms with van der Waals surface area (Å²) in [5, 5.41) is 10.1. The lowest BCUT2D eigenvalue weighted by molar-refractivity contribution is 0.161. The number of sulfone groups is 1. The fourth-order valence-corrected chi connectivity index (χ4v) is 4.62. The highest BCUT2D eigenvalue weighted by molar-refractivity contribution is 7.91. The quantitative estimate of drug-likeness (QED) is 0.875. The average Bonchev–Trinajstić information content (AvgIpc) is 2.48. The summed E-state index contributed by atoms with van der Waals surface area (Å²) in [7, 11) is -3.35. The molecular weight excluding hydrogens is 286 g/mol. The average molecular weight is 311 g/mol. The summed E-state index contributed by atoms with van der Waals surface area (Å²) in [5.74, 6) is 0.447. The molecular formula is C16H25NO3S. The molecule has 5 heteroatoms. The van der Waals surface area contributed by atoms with Gasteiger partial charge in [-0.25, -0.2) is 13.4 Å². The van der Waals surface area contributed by atoms with Gasteiger partial charge in [-0.1, -0.05) is 38.7 Å². The van der Waals surface area contributed by atoms with Crippen LogP contribution in [-0.4, -0.2) is 24.3 Å². The van der Waals surface area contributed by atoms with E-state index in [1.54, 1.807) is 18.2 Å². The third kappa shape index (κ3) is 4.51. The second kappa shape index (κ2) is 7.36. The molecule has 21 heavy (non-hydrogen) atoms. The van der Waals surface area contributed by atoms with Gasteiger partial charge in [-0.2, -0.15) is 0 Å². The Balaban J connectivity index is 2.13. The molecule has 1 atom stereocenters. The summed E-state index contributed by atoms with van der Waals surface area (Å²) in [4.78, 5) is 4.19. The lowest BCUT2D eigenvalue weighted by Gasteiger charge is -2.21. The molecule has 1 fully saturated rings. The van der Waals surface area contributed by atoms with E-state index in [9.17, 15) is 13.5 Å². The molecule has 2 rings (SSSR count). The van der Waals surface area contributed by atoms with Gasteiger partial charge in [0.15, 0.2) is 14.9 Å². The van der Waals surface area contributed by atoms with Crippen molar-refractivity contribution in [1.29, 1.82) is 0 Å². The molecule has 0 aliphatic heterocycles. The summed E-state index contributed by atoms with van der Waals surface area (Å²) >= 11 is 0. The van der Waals surface area contributed by atoms with Crippen LogP contribution in [0.1, 0.15) is 63.7 Å². The Labute approximate surface area is 127 Å². The summed E-state index contributed by atoms with van der Waals surface area (Å²) < 4.78 is 25.0. The first-order valence-corrected chi connectivity index (χ1v) is 9.56. The van der Waals surface area contributed by atoms with Crippen LogP contribution in [0.3, 0.4) is 0 Å². The molecule has 118 valence electrons. The van der Waals surface area contributed by atoms with Crippen molar-refractivity contribution in [2.45, 2.75) is 63.0 Å². The van der Waals surface area contributed by atoms with Crippen LogP contribution < -0.4 is 0 Å². The maximum Gasteiger partial charge on any atom is 0.195 e. The zero-order valence-electron chi connectivity index (χ0n) is 12.7. The van der Waals surface area contributed by atoms with Gasteiger partial charge in [0.05, 0.1) is 17.6 Å². The Hall–Kier alpha value is -0.940. The highest BCUT2D eigenvalue weighted by Gasteiger charge is 2.24. The molecule has 1 aromatic heterocycles. The molecule has 1 aliphatic rings. The van der Waals surface area contributed by atoms with Gasteiger partial charge in [-0.15, -0.1) is 0 Å². The molecule has 1 aliphatic carbocycles. The molecule has 0 aromatic carbocycles. The third-order valence-corrected chi connectivity index (χ3v) is 5.92. The molecule has 1 saturated carbocycles. The minimum atomic E-state index is -3.35. The van der Waals surface area contributed by atoms with E-state index in [1.807, 2.05) is 6.92 Å². The second-order valence-electron chi connectivity index (χ2n) is 5.99. The van der Waals surface area contributed by atoms with E-state index in [4.69, 9.17) is 0 Å². The van der Waals surface area contributed by atoms with Gasteiger partial charge in [0.25, 0.3) is 0 Å². The van der Waals surface area contributed by atoms with Crippen molar-refractivity contribution in [3.63, 3.8) is 0 Å². The van der Waals surface area contributed by atoms with Crippen molar-refractivity contribution in [1.82, 2.24) is 4.98 Å². The van der Waals surface area contributed by atoms with Crippen molar-refractivity contribution in [2.24, 2.45) is 5.92 Å². The number of hydrogen-bond acceptors (Lipinski definition) is 4. The SMILES string of the molecule is CCC[C@@H](O)c1cccc(S(=O)(=O)CC2CCCCC2)n1. The molecule has 1 N–H and O–H groups in total. The number of aliphatic hydroxyl groups is 1. The highest BCUT2D eigenvalue weighted by Crippen LogP contribution is 2.27. The number of hydrogen-bond donors (Lipinski definition) is 1. The maximum absolute atomic E-state index is 12.5. The number of rotatable bonds is 6. The third-order valence-electron chi connectivity index (χ3n) is 4.15. The van der Waals surface area contributed by atoms with Gasteiger partial charge >= 0.3 is 0 Å². The predicted octanol–water partition coefficient (Wildman–Crippen LogP) is 3.27. The number of aliphatic hydroxyl groups excluding tert-OH is 1. The monoisotopic (exact) mass is 311 g/mol. The zero-order valence-corrected chi connectivity index (χ0v) is 13.5. The number of nitrogens with zero attached hydrogens (tertiary/aromatic N) is 1. The Bertz CT molecular complexity index is 550. The molecule has 0 amide bonds. The van der Waals surface area contributed by atoms with Gasteiger partial charge in [-0.3, -0.25) is 0 Å². The summed E-state index contributed by atoms with van der Waals surface area (Å²) in [6, 6.07) is 4.91. The van der Waals surface area contributed by atoms with E-state index in [0.717, 1.165) is 32.1 Å². The van der Waals surface area contributed by atoms with Crippen molar-refractivity contribution < 1.29 is 13.5 Å². The van der Waals surface area contributed by atoms with E-state index in [-0.39, 0.29) is 16.7 Å². The first-order chi connectivity index (χ1) is 10.0. The Morgan fingerprint density at radius 1 is 1.29 bits per heavy atom. The lowest BCUT2D eigenvalue weighted by atomic mass is 9.91. The molecule has 0 spiro atoms. The van der Waals surface area contributed by atoms with Crippen molar-refractivity contribution >= 4 is 9.84 Å². The smallest absolute Gasteiger partial charge is 0.195 e. The van der Waals surface area contributed by atoms with E-state index in [2.05, 4.69) is 4.98 Å². The van der Waals surface area contributed by atoms with E-state index < -0.39 is 15.9 Å². The molecule has 1 heterocycles. The van der Waals surface area contributed by atoms with E-state index in [0.29, 0.717) is 12.1 Å². The molecule has 0 bridgehead atoms. The first-order valence-electron chi connectivity index (χ1n) is 7.90. The lowest BCUT2D eigenvalue weighted by Crippen LogP contribution is -2.20. The standard InChI is InChI=1S/C16H25NO3S/c1-2-7-15(18)14-10-6-11-16(17-14)21(19,20)12-13-8-4-3-5-9-13/h6,10-11,13,15,18H,2-5,7-9,12H2,1H3/t15-/m1/s1. The minimum Gasteiger partial charge on any atom is -0.387 e. The highest BCUT2D eigenvalue weighted by atomic mass is 32.2. The molecule has 0 saturated heterocycles.